The number of rotatable bonds is 9. The molecule has 0 aromatic rings. The summed E-state index contributed by atoms with van der Waals surface area (Å²) in [5.74, 6) is 0. The van der Waals surface area contributed by atoms with Gasteiger partial charge in [-0.3, -0.25) is 0 Å². The molecule has 0 aliphatic carbocycles. The Labute approximate surface area is 243 Å². The third kappa shape index (κ3) is 7.13. The number of hydrogen-bond donors (Lipinski definition) is 13. The van der Waals surface area contributed by atoms with Crippen LogP contribution < -0.4 is 0 Å². The molecular formula is C23H40O20. The molecule has 0 radical (unpaired) electrons. The molecule has 20 nitrogen and oxygen atoms in total. The van der Waals surface area contributed by atoms with E-state index in [2.05, 4.69) is 0 Å². The summed E-state index contributed by atoms with van der Waals surface area (Å²) in [5.41, 5.74) is 0. The lowest BCUT2D eigenvalue weighted by molar-refractivity contribution is -0.395. The van der Waals surface area contributed by atoms with Crippen molar-refractivity contribution >= 4 is 0 Å². The van der Waals surface area contributed by atoms with Gasteiger partial charge in [-0.2, -0.15) is 0 Å². The Hall–Kier alpha value is -0.800. The van der Waals surface area contributed by atoms with Gasteiger partial charge in [0.2, 0.25) is 0 Å². The van der Waals surface area contributed by atoms with Crippen LogP contribution >= 0.6 is 0 Å². The summed E-state index contributed by atoms with van der Waals surface area (Å²) in [6.07, 6.45) is -33.6. The van der Waals surface area contributed by atoms with Crippen LogP contribution in [0.2, 0.25) is 0 Å². The molecule has 4 aliphatic rings. The summed E-state index contributed by atoms with van der Waals surface area (Å²) in [6, 6.07) is 0. The van der Waals surface area contributed by atoms with Crippen LogP contribution in [0.15, 0.2) is 0 Å². The normalized spacial score (nSPS) is 53.1. The fraction of sp³-hybridized carbons (Fsp3) is 1.00. The highest BCUT2D eigenvalue weighted by molar-refractivity contribution is 4.98. The predicted molar refractivity (Wildman–Crippen MR) is 128 cm³/mol. The van der Waals surface area contributed by atoms with Crippen LogP contribution in [-0.4, -0.2) is 210 Å². The molecule has 0 aromatic heterocycles. The van der Waals surface area contributed by atoms with Crippen molar-refractivity contribution in [3.8, 4) is 0 Å². The zero-order valence-electron chi connectivity index (χ0n) is 22.5. The molecule has 4 saturated heterocycles. The molecule has 13 N–H and O–H groups in total. The van der Waals surface area contributed by atoms with Gasteiger partial charge < -0.3 is 99.5 Å². The van der Waals surface area contributed by atoms with E-state index in [1.54, 1.807) is 0 Å². The van der Waals surface area contributed by atoms with Gasteiger partial charge in [0.1, 0.15) is 91.6 Å². The minimum Gasteiger partial charge on any atom is -0.394 e. The Morgan fingerprint density at radius 3 is 1.58 bits per heavy atom. The van der Waals surface area contributed by atoms with Gasteiger partial charge in [0.05, 0.1) is 26.4 Å². The second-order valence-electron chi connectivity index (χ2n) is 10.7. The molecule has 4 rings (SSSR count). The van der Waals surface area contributed by atoms with Crippen molar-refractivity contribution in [1.29, 1.82) is 0 Å². The first-order valence-electron chi connectivity index (χ1n) is 13.5. The topological polar surface area (TPSA) is 328 Å². The van der Waals surface area contributed by atoms with Crippen molar-refractivity contribution in [1.82, 2.24) is 0 Å². The van der Waals surface area contributed by atoms with Crippen LogP contribution in [0.4, 0.5) is 0 Å². The molecule has 4 heterocycles. The van der Waals surface area contributed by atoms with Gasteiger partial charge in [0.15, 0.2) is 25.2 Å². The van der Waals surface area contributed by atoms with E-state index in [1.165, 1.54) is 0 Å². The number of hydrogen-bond acceptors (Lipinski definition) is 20. The summed E-state index contributed by atoms with van der Waals surface area (Å²) in [7, 11) is 0. The van der Waals surface area contributed by atoms with Gasteiger partial charge in [-0.1, -0.05) is 0 Å². The monoisotopic (exact) mass is 636 g/mol. The SMILES string of the molecule is OC[C@H]1OC(O[C@H]2[C@@H](OC3OC[C@H](O)[C@H](O)[C@H]3O)[C@@H](CO)OC(O[C@H]3[C@@H](O)[C@@H](CO)OC(O)[C@@H]3O)[C@@H]2O)[C@H](O)[C@@H](O)[C@H]1O. The minimum absolute atomic E-state index is 0.499. The van der Waals surface area contributed by atoms with Crippen molar-refractivity contribution in [3.63, 3.8) is 0 Å². The Bertz CT molecular complexity index is 869. The third-order valence-corrected chi connectivity index (χ3v) is 7.81. The highest BCUT2D eigenvalue weighted by Crippen LogP contribution is 2.34. The highest BCUT2D eigenvalue weighted by atomic mass is 16.8. The fourth-order valence-corrected chi connectivity index (χ4v) is 5.24. The lowest BCUT2D eigenvalue weighted by atomic mass is 9.95. The molecule has 252 valence electrons. The lowest BCUT2D eigenvalue weighted by Crippen LogP contribution is -2.68. The second-order valence-corrected chi connectivity index (χ2v) is 10.7. The Morgan fingerprint density at radius 1 is 0.442 bits per heavy atom. The van der Waals surface area contributed by atoms with Gasteiger partial charge in [-0.15, -0.1) is 0 Å². The van der Waals surface area contributed by atoms with Gasteiger partial charge in [-0.25, -0.2) is 0 Å². The summed E-state index contributed by atoms with van der Waals surface area (Å²) in [5, 5.41) is 132. The zero-order chi connectivity index (χ0) is 31.7. The molecule has 20 heteroatoms. The molecule has 0 spiro atoms. The molecule has 0 aromatic carbocycles. The standard InChI is InChI=1S/C23H40O20/c24-1-6-10(29)12(31)14(33)22(39-6)43-19-16(35)23(42-18-11(30)7(2-25)38-20(36)15(18)34)40-8(3-26)17(19)41-21-13(32)9(28)5(27)4-37-21/h5-36H,1-4H2/t5-,6+,7+,8+,9-,10-,11-,12-,13+,14+,15+,16+,17-,18-,19+,20?,21?,22?,23?/m0/s1. The zero-order valence-corrected chi connectivity index (χ0v) is 22.5. The summed E-state index contributed by atoms with van der Waals surface area (Å²) in [4.78, 5) is 0. The van der Waals surface area contributed by atoms with Crippen molar-refractivity contribution in [2.75, 3.05) is 26.4 Å². The summed E-state index contributed by atoms with van der Waals surface area (Å²) >= 11 is 0. The summed E-state index contributed by atoms with van der Waals surface area (Å²) in [6.45, 7) is -3.05. The predicted octanol–water partition coefficient (Wildman–Crippen LogP) is -9.11. The van der Waals surface area contributed by atoms with E-state index in [0.717, 1.165) is 0 Å². The lowest BCUT2D eigenvalue weighted by Gasteiger charge is -2.49. The smallest absolute Gasteiger partial charge is 0.187 e. The van der Waals surface area contributed by atoms with E-state index < -0.39 is 143 Å². The van der Waals surface area contributed by atoms with E-state index in [9.17, 15) is 66.4 Å². The average molecular weight is 637 g/mol. The Kier molecular flexibility index (Phi) is 12.0. The fourth-order valence-electron chi connectivity index (χ4n) is 5.24. The second kappa shape index (κ2) is 14.7. The molecule has 4 unspecified atom stereocenters. The minimum atomic E-state index is -2.05. The average Bonchev–Trinajstić information content (AvgIpc) is 2.99. The molecule has 0 amide bonds. The largest absolute Gasteiger partial charge is 0.394 e. The van der Waals surface area contributed by atoms with Crippen LogP contribution in [0.5, 0.6) is 0 Å². The van der Waals surface area contributed by atoms with Crippen LogP contribution in [0, 0.1) is 0 Å². The number of aliphatic hydroxyl groups is 13. The number of aliphatic hydroxyl groups excluding tert-OH is 13. The molecule has 0 bridgehead atoms. The third-order valence-electron chi connectivity index (χ3n) is 7.81. The quantitative estimate of drug-likeness (QED) is 0.112. The maximum atomic E-state index is 11.3. The van der Waals surface area contributed by atoms with E-state index in [4.69, 9.17) is 33.2 Å². The Balaban J connectivity index is 1.62. The molecule has 0 saturated carbocycles. The van der Waals surface area contributed by atoms with Crippen LogP contribution in [0.25, 0.3) is 0 Å². The van der Waals surface area contributed by atoms with Crippen molar-refractivity contribution in [2.45, 2.75) is 117 Å². The summed E-state index contributed by atoms with van der Waals surface area (Å²) < 4.78 is 38.1. The first-order chi connectivity index (χ1) is 20.3. The van der Waals surface area contributed by atoms with E-state index >= 15 is 0 Å². The highest BCUT2D eigenvalue weighted by Gasteiger charge is 2.55. The Morgan fingerprint density at radius 2 is 0.953 bits per heavy atom. The number of ether oxygens (including phenoxy) is 7. The molecule has 4 fully saturated rings. The molecular weight excluding hydrogens is 596 g/mol. The van der Waals surface area contributed by atoms with Crippen LogP contribution in [0.1, 0.15) is 0 Å². The van der Waals surface area contributed by atoms with Gasteiger partial charge >= 0.3 is 0 Å². The van der Waals surface area contributed by atoms with Crippen LogP contribution in [-0.2, 0) is 33.2 Å². The van der Waals surface area contributed by atoms with E-state index in [-0.39, 0.29) is 0 Å². The van der Waals surface area contributed by atoms with Gasteiger partial charge in [-0.05, 0) is 0 Å². The van der Waals surface area contributed by atoms with Crippen molar-refractivity contribution in [2.24, 2.45) is 0 Å². The maximum absolute atomic E-state index is 11.3. The van der Waals surface area contributed by atoms with E-state index in [1.807, 2.05) is 0 Å². The van der Waals surface area contributed by atoms with Crippen molar-refractivity contribution < 1.29 is 99.5 Å². The molecule has 19 atom stereocenters. The van der Waals surface area contributed by atoms with Crippen molar-refractivity contribution in [3.05, 3.63) is 0 Å². The van der Waals surface area contributed by atoms with Gasteiger partial charge in [0.25, 0.3) is 0 Å². The molecule has 43 heavy (non-hydrogen) atoms. The van der Waals surface area contributed by atoms with Gasteiger partial charge in [0, 0.05) is 0 Å². The molecule has 4 aliphatic heterocycles. The van der Waals surface area contributed by atoms with E-state index in [0.29, 0.717) is 0 Å². The maximum Gasteiger partial charge on any atom is 0.187 e. The first kappa shape index (κ1) is 35.1. The first-order valence-corrected chi connectivity index (χ1v) is 13.5. The van der Waals surface area contributed by atoms with Crippen LogP contribution in [0.3, 0.4) is 0 Å².